The molecular formula is C15H26F3N3. The van der Waals surface area contributed by atoms with Crippen molar-refractivity contribution >= 4 is 5.96 Å². The Bertz CT molecular complexity index is 368. The van der Waals surface area contributed by atoms with Crippen molar-refractivity contribution in [3.05, 3.63) is 0 Å². The minimum absolute atomic E-state index is 0.209. The standard InChI is InChI=1S/C15H26F3N3/c1-11-5-4-8-21(10-11)14(19)20-9-12-6-2-3-7-13(12)15(16,17)18/h11-13H,2-10H2,1H3,(H2,19,20)/t11-,12-,13-/m1/s1. The van der Waals surface area contributed by atoms with Crippen molar-refractivity contribution < 1.29 is 13.2 Å². The lowest BCUT2D eigenvalue weighted by Gasteiger charge is -2.34. The topological polar surface area (TPSA) is 41.6 Å². The maximum Gasteiger partial charge on any atom is 0.392 e. The number of halogens is 3. The van der Waals surface area contributed by atoms with Crippen molar-refractivity contribution in [3.8, 4) is 0 Å². The Morgan fingerprint density at radius 1 is 1.19 bits per heavy atom. The second-order valence-electron chi connectivity index (χ2n) is 6.58. The van der Waals surface area contributed by atoms with E-state index in [4.69, 9.17) is 5.73 Å². The molecule has 0 spiro atoms. The van der Waals surface area contributed by atoms with E-state index < -0.39 is 18.0 Å². The molecule has 1 aliphatic carbocycles. The van der Waals surface area contributed by atoms with Gasteiger partial charge >= 0.3 is 6.18 Å². The van der Waals surface area contributed by atoms with E-state index >= 15 is 0 Å². The van der Waals surface area contributed by atoms with Crippen LogP contribution in [0.5, 0.6) is 0 Å². The number of alkyl halides is 3. The van der Waals surface area contributed by atoms with Gasteiger partial charge in [0.2, 0.25) is 0 Å². The number of rotatable bonds is 2. The van der Waals surface area contributed by atoms with Crippen molar-refractivity contribution in [3.63, 3.8) is 0 Å². The van der Waals surface area contributed by atoms with Crippen LogP contribution in [0.3, 0.4) is 0 Å². The number of aliphatic imine (C=N–C) groups is 1. The first-order valence-corrected chi connectivity index (χ1v) is 7.99. The Balaban J connectivity index is 1.94. The van der Waals surface area contributed by atoms with Gasteiger partial charge in [-0.25, -0.2) is 0 Å². The molecule has 2 fully saturated rings. The number of hydrogen-bond donors (Lipinski definition) is 1. The van der Waals surface area contributed by atoms with Crippen LogP contribution in [0.4, 0.5) is 13.2 Å². The highest BCUT2D eigenvalue weighted by molar-refractivity contribution is 5.78. The van der Waals surface area contributed by atoms with Gasteiger partial charge in [0.25, 0.3) is 0 Å². The van der Waals surface area contributed by atoms with Gasteiger partial charge in [0.15, 0.2) is 5.96 Å². The molecule has 6 heteroatoms. The van der Waals surface area contributed by atoms with Gasteiger partial charge in [-0.3, -0.25) is 4.99 Å². The summed E-state index contributed by atoms with van der Waals surface area (Å²) >= 11 is 0. The third-order valence-corrected chi connectivity index (χ3v) is 4.80. The molecule has 1 aliphatic heterocycles. The lowest BCUT2D eigenvalue weighted by molar-refractivity contribution is -0.195. The Hall–Kier alpha value is -0.940. The average molecular weight is 305 g/mol. The quantitative estimate of drug-likeness (QED) is 0.627. The van der Waals surface area contributed by atoms with Gasteiger partial charge in [0.05, 0.1) is 5.92 Å². The third kappa shape index (κ3) is 4.51. The van der Waals surface area contributed by atoms with Crippen LogP contribution in [-0.4, -0.2) is 36.7 Å². The van der Waals surface area contributed by atoms with Crippen molar-refractivity contribution in [2.45, 2.75) is 51.6 Å². The fourth-order valence-electron chi connectivity index (χ4n) is 3.57. The number of nitrogens with zero attached hydrogens (tertiary/aromatic N) is 2. The van der Waals surface area contributed by atoms with E-state index in [0.29, 0.717) is 24.7 Å². The molecule has 0 aromatic heterocycles. The molecule has 3 nitrogen and oxygen atoms in total. The van der Waals surface area contributed by atoms with E-state index in [1.807, 2.05) is 4.90 Å². The van der Waals surface area contributed by atoms with Crippen LogP contribution in [0.1, 0.15) is 45.4 Å². The largest absolute Gasteiger partial charge is 0.392 e. The van der Waals surface area contributed by atoms with Gasteiger partial charge in [-0.15, -0.1) is 0 Å². The van der Waals surface area contributed by atoms with Gasteiger partial charge in [-0.1, -0.05) is 19.8 Å². The number of likely N-dealkylation sites (tertiary alicyclic amines) is 1. The SMILES string of the molecule is C[C@@H]1CCCN(C(N)=NC[C@H]2CCCC[C@H]2C(F)(F)F)C1. The molecule has 122 valence electrons. The molecule has 0 aromatic carbocycles. The Morgan fingerprint density at radius 2 is 1.90 bits per heavy atom. The Labute approximate surface area is 124 Å². The molecular weight excluding hydrogens is 279 g/mol. The third-order valence-electron chi connectivity index (χ3n) is 4.80. The van der Waals surface area contributed by atoms with Gasteiger partial charge in [-0.2, -0.15) is 13.2 Å². The first-order chi connectivity index (χ1) is 9.88. The van der Waals surface area contributed by atoms with E-state index in [0.717, 1.165) is 25.9 Å². The van der Waals surface area contributed by atoms with Gasteiger partial charge in [0, 0.05) is 19.6 Å². The highest BCUT2D eigenvalue weighted by Gasteiger charge is 2.45. The predicted octanol–water partition coefficient (Wildman–Crippen LogP) is 3.40. The predicted molar refractivity (Wildman–Crippen MR) is 78.0 cm³/mol. The van der Waals surface area contributed by atoms with Gasteiger partial charge < -0.3 is 10.6 Å². The monoisotopic (exact) mass is 305 g/mol. The maximum atomic E-state index is 13.0. The number of piperidine rings is 1. The van der Waals surface area contributed by atoms with Crippen LogP contribution in [0.15, 0.2) is 4.99 Å². The average Bonchev–Trinajstić information content (AvgIpc) is 2.44. The van der Waals surface area contributed by atoms with Crippen molar-refractivity contribution in [1.29, 1.82) is 0 Å². The lowest BCUT2D eigenvalue weighted by atomic mass is 9.79. The summed E-state index contributed by atoms with van der Waals surface area (Å²) in [5.41, 5.74) is 5.98. The molecule has 0 aromatic rings. The zero-order valence-electron chi connectivity index (χ0n) is 12.7. The molecule has 0 radical (unpaired) electrons. The molecule has 0 amide bonds. The molecule has 3 atom stereocenters. The number of guanidine groups is 1. The minimum atomic E-state index is -4.10. The summed E-state index contributed by atoms with van der Waals surface area (Å²) in [6, 6.07) is 0. The minimum Gasteiger partial charge on any atom is -0.370 e. The fourth-order valence-corrected chi connectivity index (χ4v) is 3.57. The van der Waals surface area contributed by atoms with Crippen LogP contribution in [0.2, 0.25) is 0 Å². The van der Waals surface area contributed by atoms with Crippen LogP contribution >= 0.6 is 0 Å². The van der Waals surface area contributed by atoms with Crippen LogP contribution in [0, 0.1) is 17.8 Å². The van der Waals surface area contributed by atoms with Crippen molar-refractivity contribution in [2.75, 3.05) is 19.6 Å². The zero-order chi connectivity index (χ0) is 15.5. The molecule has 1 heterocycles. The summed E-state index contributed by atoms with van der Waals surface area (Å²) in [6.07, 6.45) is 0.544. The highest BCUT2D eigenvalue weighted by atomic mass is 19.4. The molecule has 1 saturated carbocycles. The molecule has 2 N–H and O–H groups in total. The molecule has 2 aliphatic rings. The normalized spacial score (nSPS) is 32.3. The van der Waals surface area contributed by atoms with Gasteiger partial charge in [0.1, 0.15) is 0 Å². The zero-order valence-corrected chi connectivity index (χ0v) is 12.7. The summed E-state index contributed by atoms with van der Waals surface area (Å²) in [7, 11) is 0. The van der Waals surface area contributed by atoms with Gasteiger partial charge in [-0.05, 0) is 37.5 Å². The molecule has 0 unspecified atom stereocenters. The lowest BCUT2D eigenvalue weighted by Crippen LogP contribution is -2.44. The first-order valence-electron chi connectivity index (χ1n) is 7.99. The van der Waals surface area contributed by atoms with Crippen molar-refractivity contribution in [1.82, 2.24) is 4.90 Å². The van der Waals surface area contributed by atoms with Crippen molar-refractivity contribution in [2.24, 2.45) is 28.5 Å². The maximum absolute atomic E-state index is 13.0. The van der Waals surface area contributed by atoms with E-state index in [2.05, 4.69) is 11.9 Å². The Morgan fingerprint density at radius 3 is 2.57 bits per heavy atom. The van der Waals surface area contributed by atoms with E-state index in [-0.39, 0.29) is 13.0 Å². The van der Waals surface area contributed by atoms with E-state index in [1.165, 1.54) is 6.42 Å². The first kappa shape index (κ1) is 16.4. The van der Waals surface area contributed by atoms with E-state index in [9.17, 15) is 13.2 Å². The summed E-state index contributed by atoms with van der Waals surface area (Å²) in [4.78, 5) is 6.30. The summed E-state index contributed by atoms with van der Waals surface area (Å²) in [5, 5.41) is 0. The number of hydrogen-bond acceptors (Lipinski definition) is 1. The highest BCUT2D eigenvalue weighted by Crippen LogP contribution is 2.41. The molecule has 1 saturated heterocycles. The second-order valence-corrected chi connectivity index (χ2v) is 6.58. The van der Waals surface area contributed by atoms with Crippen LogP contribution in [-0.2, 0) is 0 Å². The summed E-state index contributed by atoms with van der Waals surface area (Å²) < 4.78 is 39.1. The smallest absolute Gasteiger partial charge is 0.370 e. The summed E-state index contributed by atoms with van der Waals surface area (Å²) in [5.74, 6) is -0.610. The van der Waals surface area contributed by atoms with E-state index in [1.54, 1.807) is 0 Å². The fraction of sp³-hybridized carbons (Fsp3) is 0.933. The Kier molecular flexibility index (Phi) is 5.38. The molecule has 2 rings (SSSR count). The molecule has 0 bridgehead atoms. The van der Waals surface area contributed by atoms with Crippen LogP contribution in [0.25, 0.3) is 0 Å². The second kappa shape index (κ2) is 6.88. The summed E-state index contributed by atoms with van der Waals surface area (Å²) in [6.45, 7) is 4.11. The molecule has 21 heavy (non-hydrogen) atoms. The number of nitrogens with two attached hydrogens (primary N) is 1. The van der Waals surface area contributed by atoms with Crippen LogP contribution < -0.4 is 5.73 Å².